The summed E-state index contributed by atoms with van der Waals surface area (Å²) in [5.41, 5.74) is 21.4. The average molecular weight is 712 g/mol. The van der Waals surface area contributed by atoms with E-state index in [1.807, 2.05) is 36.4 Å². The summed E-state index contributed by atoms with van der Waals surface area (Å²) in [5.74, 6) is 2.79. The number of rotatable bonds is 6. The maximum atomic E-state index is 6.23. The number of nitrogens with zero attached hydrogens (tertiary/aromatic N) is 9. The van der Waals surface area contributed by atoms with E-state index in [4.69, 9.17) is 26.2 Å². The highest BCUT2D eigenvalue weighted by atomic mass is 16.5. The third-order valence-corrected chi connectivity index (χ3v) is 10.1. The second-order valence-electron chi connectivity index (χ2n) is 13.7. The normalized spacial score (nSPS) is 16.2. The van der Waals surface area contributed by atoms with Gasteiger partial charge in [0.1, 0.15) is 45.4 Å². The van der Waals surface area contributed by atoms with Gasteiger partial charge < -0.3 is 31.1 Å². The van der Waals surface area contributed by atoms with E-state index >= 15 is 0 Å². The molecule has 6 aromatic heterocycles. The minimum Gasteiger partial charge on any atom is -0.382 e. The molecular formula is C37H41N15O. The number of anilines is 2. The van der Waals surface area contributed by atoms with E-state index in [0.29, 0.717) is 11.6 Å². The van der Waals surface area contributed by atoms with Crippen LogP contribution in [0.25, 0.3) is 66.4 Å². The van der Waals surface area contributed by atoms with Crippen molar-refractivity contribution >= 4 is 55.5 Å². The first-order valence-electron chi connectivity index (χ1n) is 17.8. The summed E-state index contributed by atoms with van der Waals surface area (Å²) in [7, 11) is 2.16. The number of aromatic nitrogens is 10. The van der Waals surface area contributed by atoms with Crippen LogP contribution < -0.4 is 11.5 Å². The number of morpholine rings is 1. The van der Waals surface area contributed by atoms with E-state index in [9.17, 15) is 0 Å². The fourth-order valence-electron chi connectivity index (χ4n) is 7.13. The molecule has 16 nitrogen and oxygen atoms in total. The maximum Gasteiger partial charge on any atom is 0.150 e. The van der Waals surface area contributed by atoms with Crippen LogP contribution in [0.4, 0.5) is 11.6 Å². The van der Waals surface area contributed by atoms with Crippen molar-refractivity contribution in [3.05, 3.63) is 72.6 Å². The SMILES string of the molecule is CN1CCN(Cc2nc3c([nH]2)c(N)nc2cc(-c4ccn[nH]4)ccc23)CC1.Nc1nc2cc(-c3ccn[nH]3)ccc2c2nc(CN3CCOCC3)[nH]c12. The summed E-state index contributed by atoms with van der Waals surface area (Å²) in [6.45, 7) is 9.20. The number of hydrogen-bond acceptors (Lipinski definition) is 12. The molecule has 0 aliphatic carbocycles. The van der Waals surface area contributed by atoms with Gasteiger partial charge in [0, 0.05) is 73.6 Å². The molecular weight excluding hydrogens is 671 g/mol. The zero-order chi connectivity index (χ0) is 35.9. The minimum atomic E-state index is 0.468. The van der Waals surface area contributed by atoms with Crippen LogP contribution in [-0.4, -0.2) is 125 Å². The zero-order valence-electron chi connectivity index (χ0n) is 29.4. The first-order valence-corrected chi connectivity index (χ1v) is 17.8. The summed E-state index contributed by atoms with van der Waals surface area (Å²) in [6.07, 6.45) is 3.47. The fraction of sp³-hybridized carbons (Fsp3) is 0.297. The number of nitrogens with one attached hydrogen (secondary N) is 4. The molecule has 0 atom stereocenters. The van der Waals surface area contributed by atoms with Crippen LogP contribution in [0.1, 0.15) is 11.6 Å². The predicted octanol–water partition coefficient (Wildman–Crippen LogP) is 3.75. The van der Waals surface area contributed by atoms with Crippen LogP contribution >= 0.6 is 0 Å². The second-order valence-corrected chi connectivity index (χ2v) is 13.7. The van der Waals surface area contributed by atoms with Crippen molar-refractivity contribution in [2.24, 2.45) is 0 Å². The van der Waals surface area contributed by atoms with Gasteiger partial charge in [-0.1, -0.05) is 12.1 Å². The Morgan fingerprint density at radius 2 is 1.11 bits per heavy atom. The van der Waals surface area contributed by atoms with E-state index in [0.717, 1.165) is 144 Å². The lowest BCUT2D eigenvalue weighted by Crippen LogP contribution is -2.44. The van der Waals surface area contributed by atoms with Gasteiger partial charge in [0.05, 0.1) is 48.7 Å². The average Bonchev–Trinajstić information content (AvgIpc) is 4.01. The number of piperazine rings is 1. The van der Waals surface area contributed by atoms with Gasteiger partial charge >= 0.3 is 0 Å². The van der Waals surface area contributed by atoms with Crippen LogP contribution in [0, 0.1) is 0 Å². The lowest BCUT2D eigenvalue weighted by molar-refractivity contribution is 0.0332. The first-order chi connectivity index (χ1) is 25.9. The van der Waals surface area contributed by atoms with Crippen molar-refractivity contribution in [3.63, 3.8) is 0 Å². The lowest BCUT2D eigenvalue weighted by atomic mass is 10.1. The Kier molecular flexibility index (Phi) is 8.63. The molecule has 2 fully saturated rings. The molecule has 0 unspecified atom stereocenters. The topological polar surface area (TPSA) is 211 Å². The predicted molar refractivity (Wildman–Crippen MR) is 206 cm³/mol. The monoisotopic (exact) mass is 711 g/mol. The van der Waals surface area contributed by atoms with Gasteiger partial charge in [-0.2, -0.15) is 10.2 Å². The molecule has 16 heteroatoms. The van der Waals surface area contributed by atoms with Gasteiger partial charge in [-0.05, 0) is 43.4 Å². The Hall–Kier alpha value is -5.94. The minimum absolute atomic E-state index is 0.468. The maximum absolute atomic E-state index is 6.23. The number of fused-ring (bicyclic) bond motifs is 6. The van der Waals surface area contributed by atoms with Crippen molar-refractivity contribution in [1.29, 1.82) is 0 Å². The lowest BCUT2D eigenvalue weighted by Gasteiger charge is -2.31. The van der Waals surface area contributed by atoms with E-state index in [1.165, 1.54) is 0 Å². The zero-order valence-corrected chi connectivity index (χ0v) is 29.4. The van der Waals surface area contributed by atoms with Crippen molar-refractivity contribution in [1.82, 2.24) is 65.0 Å². The molecule has 2 saturated heterocycles. The summed E-state index contributed by atoms with van der Waals surface area (Å²) >= 11 is 0. The number of benzene rings is 2. The fourth-order valence-corrected chi connectivity index (χ4v) is 7.13. The van der Waals surface area contributed by atoms with E-state index in [-0.39, 0.29) is 0 Å². The van der Waals surface area contributed by atoms with Gasteiger partial charge in [-0.3, -0.25) is 20.0 Å². The van der Waals surface area contributed by atoms with Crippen molar-refractivity contribution in [2.75, 3.05) is 71.0 Å². The molecule has 2 aliphatic rings. The quantitative estimate of drug-likeness (QED) is 0.146. The Labute approximate surface area is 304 Å². The Morgan fingerprint density at radius 1 is 0.623 bits per heavy atom. The summed E-state index contributed by atoms with van der Waals surface area (Å²) in [6, 6.07) is 16.1. The van der Waals surface area contributed by atoms with Gasteiger partial charge in [-0.15, -0.1) is 0 Å². The van der Waals surface area contributed by atoms with E-state index < -0.39 is 0 Å². The molecule has 10 rings (SSSR count). The number of likely N-dealkylation sites (N-methyl/N-ethyl adjacent to an activating group) is 1. The molecule has 2 aromatic carbocycles. The summed E-state index contributed by atoms with van der Waals surface area (Å²) < 4.78 is 5.41. The third kappa shape index (κ3) is 6.64. The van der Waals surface area contributed by atoms with E-state index in [1.54, 1.807) is 12.4 Å². The molecule has 8 heterocycles. The molecule has 270 valence electrons. The number of nitrogen functional groups attached to an aromatic ring is 2. The van der Waals surface area contributed by atoms with Crippen LogP contribution in [0.3, 0.4) is 0 Å². The molecule has 53 heavy (non-hydrogen) atoms. The summed E-state index contributed by atoms with van der Waals surface area (Å²) in [4.78, 5) is 32.7. The number of pyridine rings is 2. The van der Waals surface area contributed by atoms with Crippen LogP contribution in [0.2, 0.25) is 0 Å². The molecule has 0 saturated carbocycles. The third-order valence-electron chi connectivity index (χ3n) is 10.1. The van der Waals surface area contributed by atoms with Crippen molar-refractivity contribution < 1.29 is 4.74 Å². The summed E-state index contributed by atoms with van der Waals surface area (Å²) in [5, 5.41) is 16.0. The number of hydrogen-bond donors (Lipinski definition) is 6. The number of imidazole rings is 2. The molecule has 0 spiro atoms. The van der Waals surface area contributed by atoms with Gasteiger partial charge in [0.2, 0.25) is 0 Å². The van der Waals surface area contributed by atoms with Crippen LogP contribution in [-0.2, 0) is 17.8 Å². The highest BCUT2D eigenvalue weighted by Crippen LogP contribution is 2.31. The molecule has 0 bridgehead atoms. The number of ether oxygens (including phenoxy) is 1. The standard InChI is InChI=1S/C19H22N8.C18H19N7O/c1-26-6-8-27(9-7-26)11-16-23-17-13-3-2-12(14-4-5-21-25-14)10-15(13)22-19(20)18(17)24-16;19-18-17-16(22-15(23-17)10-25-5-7-26-8-6-25)12-2-1-11(9-14(12)21-18)13-3-4-20-24-13/h2-5,10H,6-9,11H2,1H3,(H2,20,22)(H,21,25)(H,23,24);1-4,9H,5-8,10H2,(H2,19,21)(H,20,24)(H,22,23). The number of nitrogens with two attached hydrogens (primary N) is 2. The van der Waals surface area contributed by atoms with E-state index in [2.05, 4.69) is 74.2 Å². The number of H-pyrrole nitrogens is 4. The first kappa shape index (κ1) is 32.9. The Morgan fingerprint density at radius 3 is 1.58 bits per heavy atom. The van der Waals surface area contributed by atoms with Crippen LogP contribution in [0.5, 0.6) is 0 Å². The highest BCUT2D eigenvalue weighted by Gasteiger charge is 2.19. The van der Waals surface area contributed by atoms with Crippen LogP contribution in [0.15, 0.2) is 60.9 Å². The van der Waals surface area contributed by atoms with Gasteiger partial charge in [0.25, 0.3) is 0 Å². The number of aromatic amines is 4. The molecule has 2 aliphatic heterocycles. The largest absolute Gasteiger partial charge is 0.382 e. The highest BCUT2D eigenvalue weighted by molar-refractivity contribution is 6.08. The smallest absolute Gasteiger partial charge is 0.150 e. The molecule has 0 radical (unpaired) electrons. The molecule has 8 aromatic rings. The molecule has 0 amide bonds. The molecule has 8 N–H and O–H groups in total. The Balaban J connectivity index is 0.000000141. The van der Waals surface area contributed by atoms with Crippen molar-refractivity contribution in [2.45, 2.75) is 13.1 Å². The van der Waals surface area contributed by atoms with Crippen molar-refractivity contribution in [3.8, 4) is 22.5 Å². The van der Waals surface area contributed by atoms with Gasteiger partial charge in [0.15, 0.2) is 0 Å². The Bertz CT molecular complexity index is 2510. The van der Waals surface area contributed by atoms with Gasteiger partial charge in [-0.25, -0.2) is 19.9 Å². The second kappa shape index (κ2) is 13.9.